The SMILES string of the molecule is O=C(NC(CCOC1CC(CCc2ccc3c(n2)NCCC3)C1)C(=O)O)c1ccccn1. The van der Waals surface area contributed by atoms with Crippen LogP contribution in [0.5, 0.6) is 0 Å². The molecule has 0 bridgehead atoms. The van der Waals surface area contributed by atoms with Gasteiger partial charge in [0, 0.05) is 31.5 Å². The molecule has 2 aromatic heterocycles. The molecule has 0 spiro atoms. The second-order valence-electron chi connectivity index (χ2n) is 8.58. The Hall–Kier alpha value is -3.00. The Bertz CT molecular complexity index is 931. The molecule has 2 aliphatic rings. The minimum atomic E-state index is -1.07. The molecule has 1 atom stereocenters. The van der Waals surface area contributed by atoms with Crippen LogP contribution in [0.25, 0.3) is 0 Å². The lowest BCUT2D eigenvalue weighted by Crippen LogP contribution is -2.42. The third kappa shape index (κ3) is 5.82. The second-order valence-corrected chi connectivity index (χ2v) is 8.58. The van der Waals surface area contributed by atoms with E-state index in [9.17, 15) is 14.7 Å². The van der Waals surface area contributed by atoms with Gasteiger partial charge in [0.05, 0.1) is 6.10 Å². The largest absolute Gasteiger partial charge is 0.480 e. The number of ether oxygens (including phenoxy) is 1. The van der Waals surface area contributed by atoms with Crippen molar-refractivity contribution >= 4 is 17.7 Å². The van der Waals surface area contributed by atoms with Crippen molar-refractivity contribution in [1.29, 1.82) is 0 Å². The van der Waals surface area contributed by atoms with Crippen molar-refractivity contribution in [3.63, 3.8) is 0 Å². The lowest BCUT2D eigenvalue weighted by atomic mass is 9.79. The van der Waals surface area contributed by atoms with E-state index in [1.54, 1.807) is 18.2 Å². The van der Waals surface area contributed by atoms with Gasteiger partial charge in [0.15, 0.2) is 0 Å². The van der Waals surface area contributed by atoms with Gasteiger partial charge in [-0.15, -0.1) is 0 Å². The Balaban J connectivity index is 1.14. The Kier molecular flexibility index (Phi) is 7.32. The van der Waals surface area contributed by atoms with Crippen LogP contribution >= 0.6 is 0 Å². The van der Waals surface area contributed by atoms with Crippen molar-refractivity contribution in [2.24, 2.45) is 5.92 Å². The van der Waals surface area contributed by atoms with Crippen molar-refractivity contribution in [1.82, 2.24) is 15.3 Å². The first-order valence-electron chi connectivity index (χ1n) is 11.4. The number of nitrogens with one attached hydrogen (secondary N) is 2. The molecule has 2 aromatic rings. The van der Waals surface area contributed by atoms with E-state index in [1.807, 2.05) is 0 Å². The normalized spacial score (nSPS) is 20.4. The molecule has 3 N–H and O–H groups in total. The fourth-order valence-electron chi connectivity index (χ4n) is 4.25. The summed E-state index contributed by atoms with van der Waals surface area (Å²) in [5.41, 5.74) is 2.65. The Labute approximate surface area is 187 Å². The van der Waals surface area contributed by atoms with Gasteiger partial charge in [-0.2, -0.15) is 0 Å². The van der Waals surface area contributed by atoms with Gasteiger partial charge in [-0.25, -0.2) is 9.78 Å². The van der Waals surface area contributed by atoms with E-state index < -0.39 is 17.9 Å². The Morgan fingerprint density at radius 2 is 2.12 bits per heavy atom. The Morgan fingerprint density at radius 1 is 1.25 bits per heavy atom. The summed E-state index contributed by atoms with van der Waals surface area (Å²) in [6, 6.07) is 8.28. The lowest BCUT2D eigenvalue weighted by molar-refractivity contribution is -0.140. The molecule has 1 aliphatic carbocycles. The number of pyridine rings is 2. The van der Waals surface area contributed by atoms with Gasteiger partial charge < -0.3 is 20.5 Å². The van der Waals surface area contributed by atoms with Crippen molar-refractivity contribution in [2.75, 3.05) is 18.5 Å². The molecule has 1 amide bonds. The van der Waals surface area contributed by atoms with Crippen LogP contribution < -0.4 is 10.6 Å². The van der Waals surface area contributed by atoms with Crippen molar-refractivity contribution in [3.05, 3.63) is 53.5 Å². The van der Waals surface area contributed by atoms with Crippen LogP contribution in [0.1, 0.15) is 53.8 Å². The first-order valence-corrected chi connectivity index (χ1v) is 11.4. The number of aromatic nitrogens is 2. The molecule has 1 fully saturated rings. The van der Waals surface area contributed by atoms with E-state index in [-0.39, 0.29) is 18.2 Å². The van der Waals surface area contributed by atoms with E-state index >= 15 is 0 Å². The summed E-state index contributed by atoms with van der Waals surface area (Å²) in [7, 11) is 0. The number of amides is 1. The van der Waals surface area contributed by atoms with Crippen LogP contribution in [0.2, 0.25) is 0 Å². The maximum atomic E-state index is 12.1. The average molecular weight is 439 g/mol. The predicted molar refractivity (Wildman–Crippen MR) is 120 cm³/mol. The summed E-state index contributed by atoms with van der Waals surface area (Å²) in [4.78, 5) is 32.3. The molecule has 3 heterocycles. The number of carboxylic acids is 1. The van der Waals surface area contributed by atoms with Crippen LogP contribution in [0.15, 0.2) is 36.5 Å². The van der Waals surface area contributed by atoms with Crippen LogP contribution in [0, 0.1) is 5.92 Å². The number of carbonyl (C=O) groups is 2. The lowest BCUT2D eigenvalue weighted by Gasteiger charge is -2.35. The number of nitrogens with zero attached hydrogens (tertiary/aromatic N) is 2. The maximum Gasteiger partial charge on any atom is 0.326 e. The zero-order valence-corrected chi connectivity index (χ0v) is 18.1. The number of fused-ring (bicyclic) bond motifs is 1. The smallest absolute Gasteiger partial charge is 0.326 e. The summed E-state index contributed by atoms with van der Waals surface area (Å²) in [6.07, 6.45) is 8.19. The zero-order valence-electron chi connectivity index (χ0n) is 18.1. The first kappa shape index (κ1) is 22.2. The highest BCUT2D eigenvalue weighted by molar-refractivity contribution is 5.94. The number of anilines is 1. The van der Waals surface area contributed by atoms with E-state index in [2.05, 4.69) is 27.8 Å². The van der Waals surface area contributed by atoms with E-state index in [0.717, 1.165) is 50.2 Å². The number of carbonyl (C=O) groups excluding carboxylic acids is 1. The third-order valence-electron chi connectivity index (χ3n) is 6.21. The predicted octanol–water partition coefficient (Wildman–Crippen LogP) is 2.84. The summed E-state index contributed by atoms with van der Waals surface area (Å²) in [6.45, 7) is 1.30. The van der Waals surface area contributed by atoms with Gasteiger partial charge in [-0.3, -0.25) is 9.78 Å². The van der Waals surface area contributed by atoms with E-state index in [0.29, 0.717) is 12.5 Å². The molecule has 4 rings (SSSR count). The van der Waals surface area contributed by atoms with Crippen LogP contribution in [-0.4, -0.2) is 52.2 Å². The summed E-state index contributed by atoms with van der Waals surface area (Å²) in [5, 5.41) is 15.3. The van der Waals surface area contributed by atoms with Crippen LogP contribution in [0.3, 0.4) is 0 Å². The summed E-state index contributed by atoms with van der Waals surface area (Å²) >= 11 is 0. The number of aryl methyl sites for hydroxylation is 2. The number of rotatable bonds is 10. The highest BCUT2D eigenvalue weighted by Gasteiger charge is 2.30. The molecule has 1 unspecified atom stereocenters. The van der Waals surface area contributed by atoms with Gasteiger partial charge >= 0.3 is 5.97 Å². The van der Waals surface area contributed by atoms with Gasteiger partial charge in [0.2, 0.25) is 0 Å². The van der Waals surface area contributed by atoms with E-state index in [1.165, 1.54) is 18.2 Å². The van der Waals surface area contributed by atoms with Crippen molar-refractivity contribution < 1.29 is 19.4 Å². The fraction of sp³-hybridized carbons (Fsp3) is 0.500. The molecular formula is C24H30N4O4. The highest BCUT2D eigenvalue weighted by Crippen LogP contribution is 2.34. The Morgan fingerprint density at radius 3 is 2.91 bits per heavy atom. The minimum Gasteiger partial charge on any atom is -0.480 e. The van der Waals surface area contributed by atoms with Gasteiger partial charge in [-0.1, -0.05) is 12.1 Å². The summed E-state index contributed by atoms with van der Waals surface area (Å²) in [5.74, 6) is 0.0979. The molecule has 0 saturated heterocycles. The maximum absolute atomic E-state index is 12.1. The molecule has 0 aromatic carbocycles. The first-order chi connectivity index (χ1) is 15.6. The molecule has 1 aliphatic heterocycles. The second kappa shape index (κ2) is 10.5. The zero-order chi connectivity index (χ0) is 22.3. The van der Waals surface area contributed by atoms with Gasteiger partial charge in [0.25, 0.3) is 5.91 Å². The number of hydrogen-bond acceptors (Lipinski definition) is 6. The number of carboxylic acid groups (broad SMARTS) is 1. The van der Waals surface area contributed by atoms with Crippen molar-refractivity contribution in [3.8, 4) is 0 Å². The van der Waals surface area contributed by atoms with Gasteiger partial charge in [-0.05, 0) is 68.2 Å². The topological polar surface area (TPSA) is 113 Å². The number of aliphatic carboxylic acids is 1. The van der Waals surface area contributed by atoms with Crippen LogP contribution in [0.4, 0.5) is 5.82 Å². The van der Waals surface area contributed by atoms with E-state index in [4.69, 9.17) is 9.72 Å². The molecule has 170 valence electrons. The third-order valence-corrected chi connectivity index (χ3v) is 6.21. The molecule has 8 heteroatoms. The summed E-state index contributed by atoms with van der Waals surface area (Å²) < 4.78 is 5.85. The molecule has 32 heavy (non-hydrogen) atoms. The van der Waals surface area contributed by atoms with Crippen molar-refractivity contribution in [2.45, 2.75) is 57.1 Å². The van der Waals surface area contributed by atoms with Gasteiger partial charge in [0.1, 0.15) is 17.6 Å². The molecule has 1 saturated carbocycles. The average Bonchev–Trinajstić information content (AvgIpc) is 2.79. The molecule has 0 radical (unpaired) electrons. The minimum absolute atomic E-state index is 0.166. The van der Waals surface area contributed by atoms with Crippen LogP contribution in [-0.2, 0) is 22.4 Å². The standard InChI is InChI=1S/C24H30N4O4/c29-23(20-5-1-2-11-25-20)28-21(24(30)31)10-13-32-19-14-16(15-19)6-8-18-9-7-17-4-3-12-26-22(17)27-18/h1-2,5,7,9,11,16,19,21H,3-4,6,8,10,12-15H2,(H,26,27)(H,28,29)(H,30,31). The quantitative estimate of drug-likeness (QED) is 0.523. The highest BCUT2D eigenvalue weighted by atomic mass is 16.5. The fourth-order valence-corrected chi connectivity index (χ4v) is 4.25. The molecule has 8 nitrogen and oxygen atoms in total. The molecular weight excluding hydrogens is 408 g/mol. The monoisotopic (exact) mass is 438 g/mol. The number of hydrogen-bond donors (Lipinski definition) is 3.